The second kappa shape index (κ2) is 3.54. The van der Waals surface area contributed by atoms with Gasteiger partial charge in [-0.25, -0.2) is 0 Å². The summed E-state index contributed by atoms with van der Waals surface area (Å²) in [7, 11) is 0. The van der Waals surface area contributed by atoms with E-state index in [4.69, 9.17) is 17.3 Å². The lowest BCUT2D eigenvalue weighted by Gasteiger charge is -1.98. The second-order valence-corrected chi connectivity index (χ2v) is 2.41. The molecule has 0 amide bonds. The maximum Gasteiger partial charge on any atom is 0.0621 e. The largest absolute Gasteiger partial charge is 0.330 e. The highest BCUT2D eigenvalue weighted by atomic mass is 35.5. The lowest BCUT2D eigenvalue weighted by Crippen LogP contribution is -2.02. The topological polar surface area (TPSA) is 38.9 Å². The SMILES string of the molecule is NCCc1ccncc1Cl. The van der Waals surface area contributed by atoms with Crippen LogP contribution in [0.1, 0.15) is 5.56 Å². The number of hydrogen-bond donors (Lipinski definition) is 1. The van der Waals surface area contributed by atoms with Crippen molar-refractivity contribution in [1.82, 2.24) is 4.98 Å². The van der Waals surface area contributed by atoms with E-state index in [1.807, 2.05) is 6.07 Å². The Hall–Kier alpha value is -0.600. The summed E-state index contributed by atoms with van der Waals surface area (Å²) in [5.74, 6) is 0. The van der Waals surface area contributed by atoms with Crippen LogP contribution in [-0.2, 0) is 6.42 Å². The van der Waals surface area contributed by atoms with Gasteiger partial charge in [-0.15, -0.1) is 0 Å². The molecule has 0 saturated carbocycles. The Morgan fingerprint density at radius 1 is 1.60 bits per heavy atom. The van der Waals surface area contributed by atoms with Crippen molar-refractivity contribution in [2.24, 2.45) is 5.73 Å². The Morgan fingerprint density at radius 3 is 3.00 bits per heavy atom. The third-order valence-electron chi connectivity index (χ3n) is 1.27. The van der Waals surface area contributed by atoms with Crippen molar-refractivity contribution in [3.8, 4) is 0 Å². The van der Waals surface area contributed by atoms with Gasteiger partial charge in [-0.3, -0.25) is 4.98 Å². The minimum atomic E-state index is 0.629. The Morgan fingerprint density at radius 2 is 2.40 bits per heavy atom. The summed E-state index contributed by atoms with van der Waals surface area (Å²) in [6.45, 7) is 0.629. The van der Waals surface area contributed by atoms with Gasteiger partial charge in [-0.1, -0.05) is 11.6 Å². The third kappa shape index (κ3) is 1.69. The first kappa shape index (κ1) is 7.51. The van der Waals surface area contributed by atoms with Crippen LogP contribution >= 0.6 is 11.6 Å². The van der Waals surface area contributed by atoms with Crippen LogP contribution in [0.4, 0.5) is 0 Å². The molecular weight excluding hydrogens is 148 g/mol. The number of nitrogens with zero attached hydrogens (tertiary/aromatic N) is 1. The summed E-state index contributed by atoms with van der Waals surface area (Å²) < 4.78 is 0. The lowest BCUT2D eigenvalue weighted by atomic mass is 10.2. The zero-order valence-electron chi connectivity index (χ0n) is 5.55. The summed E-state index contributed by atoms with van der Waals surface area (Å²) in [6.07, 6.45) is 4.17. The first-order chi connectivity index (χ1) is 4.84. The normalized spacial score (nSPS) is 9.80. The van der Waals surface area contributed by atoms with Crippen molar-refractivity contribution in [2.75, 3.05) is 6.54 Å². The van der Waals surface area contributed by atoms with E-state index in [2.05, 4.69) is 4.98 Å². The monoisotopic (exact) mass is 156 g/mol. The van der Waals surface area contributed by atoms with Crippen LogP contribution < -0.4 is 5.73 Å². The average Bonchev–Trinajstić information content (AvgIpc) is 1.94. The van der Waals surface area contributed by atoms with Crippen LogP contribution in [0.15, 0.2) is 18.5 Å². The molecule has 0 aliphatic heterocycles. The van der Waals surface area contributed by atoms with E-state index in [0.717, 1.165) is 12.0 Å². The standard InChI is InChI=1S/C7H9ClN2/c8-7-5-10-4-2-6(7)1-3-9/h2,4-5H,1,3,9H2. The van der Waals surface area contributed by atoms with Crippen LogP contribution in [0, 0.1) is 0 Å². The van der Waals surface area contributed by atoms with E-state index >= 15 is 0 Å². The predicted octanol–water partition coefficient (Wildman–Crippen LogP) is 1.24. The predicted molar refractivity (Wildman–Crippen MR) is 42.0 cm³/mol. The number of rotatable bonds is 2. The molecule has 0 aromatic carbocycles. The molecule has 1 aromatic heterocycles. The molecule has 1 rings (SSSR count). The van der Waals surface area contributed by atoms with Gasteiger partial charge in [0.25, 0.3) is 0 Å². The van der Waals surface area contributed by atoms with Crippen molar-refractivity contribution >= 4 is 11.6 Å². The van der Waals surface area contributed by atoms with E-state index in [1.54, 1.807) is 12.4 Å². The van der Waals surface area contributed by atoms with E-state index in [0.29, 0.717) is 11.6 Å². The van der Waals surface area contributed by atoms with Crippen molar-refractivity contribution in [1.29, 1.82) is 0 Å². The van der Waals surface area contributed by atoms with Crippen LogP contribution in [0.25, 0.3) is 0 Å². The molecule has 54 valence electrons. The Kier molecular flexibility index (Phi) is 2.66. The molecule has 1 heterocycles. The molecular formula is C7H9ClN2. The molecule has 0 aliphatic rings. The van der Waals surface area contributed by atoms with E-state index in [-0.39, 0.29) is 0 Å². The lowest BCUT2D eigenvalue weighted by molar-refractivity contribution is 0.964. The summed E-state index contributed by atoms with van der Waals surface area (Å²) in [4.78, 5) is 3.85. The highest BCUT2D eigenvalue weighted by Crippen LogP contribution is 2.12. The molecule has 10 heavy (non-hydrogen) atoms. The fourth-order valence-corrected chi connectivity index (χ4v) is 0.976. The fraction of sp³-hybridized carbons (Fsp3) is 0.286. The number of pyridine rings is 1. The van der Waals surface area contributed by atoms with Crippen molar-refractivity contribution in [3.63, 3.8) is 0 Å². The second-order valence-electron chi connectivity index (χ2n) is 2.01. The molecule has 0 spiro atoms. The molecule has 0 unspecified atom stereocenters. The van der Waals surface area contributed by atoms with Gasteiger partial charge >= 0.3 is 0 Å². The highest BCUT2D eigenvalue weighted by Gasteiger charge is 1.95. The molecule has 3 heteroatoms. The van der Waals surface area contributed by atoms with Crippen molar-refractivity contribution < 1.29 is 0 Å². The third-order valence-corrected chi connectivity index (χ3v) is 1.61. The van der Waals surface area contributed by atoms with Gasteiger partial charge in [-0.05, 0) is 24.6 Å². The van der Waals surface area contributed by atoms with Gasteiger partial charge in [0.2, 0.25) is 0 Å². The molecule has 0 aliphatic carbocycles. The van der Waals surface area contributed by atoms with Gasteiger partial charge in [0.05, 0.1) is 5.02 Å². The van der Waals surface area contributed by atoms with Crippen LogP contribution in [0.2, 0.25) is 5.02 Å². The Balaban J connectivity index is 2.81. The summed E-state index contributed by atoms with van der Waals surface area (Å²) in [5, 5.41) is 0.702. The van der Waals surface area contributed by atoms with Gasteiger partial charge < -0.3 is 5.73 Å². The number of halogens is 1. The van der Waals surface area contributed by atoms with Gasteiger partial charge in [0.1, 0.15) is 0 Å². The zero-order chi connectivity index (χ0) is 7.40. The van der Waals surface area contributed by atoms with E-state index < -0.39 is 0 Å². The van der Waals surface area contributed by atoms with Crippen LogP contribution in [0.3, 0.4) is 0 Å². The summed E-state index contributed by atoms with van der Waals surface area (Å²) in [5.41, 5.74) is 6.42. The van der Waals surface area contributed by atoms with Gasteiger partial charge in [-0.2, -0.15) is 0 Å². The number of aromatic nitrogens is 1. The molecule has 2 nitrogen and oxygen atoms in total. The number of nitrogens with two attached hydrogens (primary N) is 1. The zero-order valence-corrected chi connectivity index (χ0v) is 6.30. The molecule has 2 N–H and O–H groups in total. The molecule has 0 radical (unpaired) electrons. The average molecular weight is 157 g/mol. The van der Waals surface area contributed by atoms with E-state index in [9.17, 15) is 0 Å². The fourth-order valence-electron chi connectivity index (χ4n) is 0.762. The van der Waals surface area contributed by atoms with Crippen molar-refractivity contribution in [3.05, 3.63) is 29.0 Å². The van der Waals surface area contributed by atoms with Gasteiger partial charge in [0, 0.05) is 12.4 Å². The maximum atomic E-state index is 5.78. The molecule has 0 saturated heterocycles. The minimum Gasteiger partial charge on any atom is -0.330 e. The minimum absolute atomic E-state index is 0.629. The van der Waals surface area contributed by atoms with Crippen LogP contribution in [-0.4, -0.2) is 11.5 Å². The summed E-state index contributed by atoms with van der Waals surface area (Å²) in [6, 6.07) is 1.88. The first-order valence-electron chi connectivity index (χ1n) is 3.13. The van der Waals surface area contributed by atoms with Crippen LogP contribution in [0.5, 0.6) is 0 Å². The molecule has 1 aromatic rings. The first-order valence-corrected chi connectivity index (χ1v) is 3.51. The quantitative estimate of drug-likeness (QED) is 0.700. The Bertz CT molecular complexity index is 213. The molecule has 0 bridgehead atoms. The van der Waals surface area contributed by atoms with Crippen molar-refractivity contribution in [2.45, 2.75) is 6.42 Å². The van der Waals surface area contributed by atoms with E-state index in [1.165, 1.54) is 0 Å². The summed E-state index contributed by atoms with van der Waals surface area (Å²) >= 11 is 5.78. The molecule has 0 atom stereocenters. The number of hydrogen-bond acceptors (Lipinski definition) is 2. The highest BCUT2D eigenvalue weighted by molar-refractivity contribution is 6.31. The smallest absolute Gasteiger partial charge is 0.0621 e. The maximum absolute atomic E-state index is 5.78. The Labute approximate surface area is 65.0 Å². The molecule has 0 fully saturated rings. The van der Waals surface area contributed by atoms with Gasteiger partial charge in [0.15, 0.2) is 0 Å².